The first-order valence-electron chi connectivity index (χ1n) is 9.49. The van der Waals surface area contributed by atoms with Gasteiger partial charge in [-0.15, -0.1) is 0 Å². The summed E-state index contributed by atoms with van der Waals surface area (Å²) < 4.78 is 5.50. The van der Waals surface area contributed by atoms with Crippen LogP contribution in [-0.4, -0.2) is 37.7 Å². The lowest BCUT2D eigenvalue weighted by atomic mass is 9.96. The minimum atomic E-state index is -0.0338. The minimum Gasteiger partial charge on any atom is -0.338 e. The molecule has 2 aromatic heterocycles. The largest absolute Gasteiger partial charge is 0.338 e. The van der Waals surface area contributed by atoms with E-state index in [0.29, 0.717) is 31.2 Å². The molecule has 1 aromatic carbocycles. The molecule has 1 aliphatic heterocycles. The van der Waals surface area contributed by atoms with Gasteiger partial charge in [0.25, 0.3) is 5.89 Å². The van der Waals surface area contributed by atoms with Crippen molar-refractivity contribution >= 4 is 5.91 Å². The Kier molecular flexibility index (Phi) is 3.99. The average Bonchev–Trinajstić information content (AvgIpc) is 3.41. The van der Waals surface area contributed by atoms with Crippen molar-refractivity contribution in [1.29, 1.82) is 0 Å². The number of hydrogen-bond acceptors (Lipinski definition) is 5. The number of amides is 1. The molecule has 0 bridgehead atoms. The molecule has 5 rings (SSSR count). The van der Waals surface area contributed by atoms with Gasteiger partial charge in [-0.05, 0) is 31.2 Å². The van der Waals surface area contributed by atoms with Crippen LogP contribution in [0.25, 0.3) is 11.6 Å². The molecule has 27 heavy (non-hydrogen) atoms. The third kappa shape index (κ3) is 3.03. The molecule has 3 heterocycles. The van der Waals surface area contributed by atoms with Crippen molar-refractivity contribution in [1.82, 2.24) is 25.2 Å². The van der Waals surface area contributed by atoms with Crippen molar-refractivity contribution in [2.24, 2.45) is 0 Å². The molecule has 1 atom stereocenters. The standard InChI is InChI=1S/C20H21N5O2/c26-17-10-14(12-25(17)11-13-6-2-1-3-7-13)19-21-20(27-24-19)18-15-8-4-5-9-16(15)22-23-18/h1-3,6-7,14H,4-5,8-12H2,(H,22,23)/t14-/m0/s1. The number of hydrogen-bond donors (Lipinski definition) is 1. The molecule has 0 spiro atoms. The molecule has 1 saturated heterocycles. The number of carbonyl (C=O) groups excluding carboxylic acids is 1. The zero-order chi connectivity index (χ0) is 18.2. The molecular weight excluding hydrogens is 342 g/mol. The van der Waals surface area contributed by atoms with E-state index in [1.807, 2.05) is 35.2 Å². The number of aryl methyl sites for hydroxylation is 1. The van der Waals surface area contributed by atoms with Crippen LogP contribution in [0.2, 0.25) is 0 Å². The Morgan fingerprint density at radius 1 is 1.19 bits per heavy atom. The Bertz CT molecular complexity index is 962. The molecule has 1 N–H and O–H groups in total. The van der Waals surface area contributed by atoms with Crippen molar-refractivity contribution < 1.29 is 9.32 Å². The predicted molar refractivity (Wildman–Crippen MR) is 97.7 cm³/mol. The van der Waals surface area contributed by atoms with E-state index in [9.17, 15) is 4.79 Å². The highest BCUT2D eigenvalue weighted by atomic mass is 16.5. The Morgan fingerprint density at radius 3 is 2.93 bits per heavy atom. The van der Waals surface area contributed by atoms with Crippen LogP contribution in [0.1, 0.15) is 47.8 Å². The maximum Gasteiger partial charge on any atom is 0.278 e. The molecule has 7 nitrogen and oxygen atoms in total. The monoisotopic (exact) mass is 363 g/mol. The fraction of sp³-hybridized carbons (Fsp3) is 0.400. The lowest BCUT2D eigenvalue weighted by Gasteiger charge is -2.15. The number of nitrogens with one attached hydrogen (secondary N) is 1. The van der Waals surface area contributed by atoms with Crippen molar-refractivity contribution in [3.63, 3.8) is 0 Å². The van der Waals surface area contributed by atoms with Crippen molar-refractivity contribution in [3.8, 4) is 11.6 Å². The van der Waals surface area contributed by atoms with Gasteiger partial charge in [0, 0.05) is 36.7 Å². The number of likely N-dealkylation sites (tertiary alicyclic amines) is 1. The topological polar surface area (TPSA) is 87.9 Å². The van der Waals surface area contributed by atoms with Gasteiger partial charge in [-0.2, -0.15) is 10.1 Å². The zero-order valence-corrected chi connectivity index (χ0v) is 15.0. The number of H-pyrrole nitrogens is 1. The summed E-state index contributed by atoms with van der Waals surface area (Å²) in [5.41, 5.74) is 4.28. The van der Waals surface area contributed by atoms with Crippen LogP contribution in [0.3, 0.4) is 0 Å². The zero-order valence-electron chi connectivity index (χ0n) is 15.0. The lowest BCUT2D eigenvalue weighted by molar-refractivity contribution is -0.128. The first kappa shape index (κ1) is 16.2. The van der Waals surface area contributed by atoms with Crippen molar-refractivity contribution in [2.75, 3.05) is 6.54 Å². The highest BCUT2D eigenvalue weighted by molar-refractivity contribution is 5.79. The summed E-state index contributed by atoms with van der Waals surface area (Å²) in [4.78, 5) is 18.9. The predicted octanol–water partition coefficient (Wildman–Crippen LogP) is 2.85. The quantitative estimate of drug-likeness (QED) is 0.770. The molecule has 0 radical (unpaired) electrons. The summed E-state index contributed by atoms with van der Waals surface area (Å²) in [6, 6.07) is 10.0. The summed E-state index contributed by atoms with van der Waals surface area (Å²) in [6.07, 6.45) is 4.78. The van der Waals surface area contributed by atoms with E-state index < -0.39 is 0 Å². The maximum absolute atomic E-state index is 12.4. The summed E-state index contributed by atoms with van der Waals surface area (Å²) >= 11 is 0. The van der Waals surface area contributed by atoms with Crippen LogP contribution in [0.4, 0.5) is 0 Å². The fourth-order valence-corrected chi connectivity index (χ4v) is 4.06. The van der Waals surface area contributed by atoms with Crippen LogP contribution in [0.5, 0.6) is 0 Å². The second-order valence-electron chi connectivity index (χ2n) is 7.36. The first-order valence-corrected chi connectivity index (χ1v) is 9.49. The van der Waals surface area contributed by atoms with Gasteiger partial charge in [0.2, 0.25) is 5.91 Å². The maximum atomic E-state index is 12.4. The molecule has 0 saturated carbocycles. The van der Waals surface area contributed by atoms with Gasteiger partial charge in [-0.3, -0.25) is 9.89 Å². The smallest absolute Gasteiger partial charge is 0.278 e. The van der Waals surface area contributed by atoms with E-state index in [0.717, 1.165) is 30.5 Å². The third-order valence-electron chi connectivity index (χ3n) is 5.50. The van der Waals surface area contributed by atoms with E-state index in [1.165, 1.54) is 17.7 Å². The molecule has 3 aromatic rings. The molecular formula is C20H21N5O2. The second-order valence-corrected chi connectivity index (χ2v) is 7.36. The second kappa shape index (κ2) is 6.64. The van der Waals surface area contributed by atoms with Gasteiger partial charge in [0.05, 0.1) is 0 Å². The van der Waals surface area contributed by atoms with Gasteiger partial charge >= 0.3 is 0 Å². The van der Waals surface area contributed by atoms with Crippen molar-refractivity contribution in [2.45, 2.75) is 44.6 Å². The minimum absolute atomic E-state index is 0.0338. The Balaban J connectivity index is 1.33. The molecule has 0 unspecified atom stereocenters. The normalized spacial score (nSPS) is 19.5. The SMILES string of the molecule is O=C1C[C@H](c2noc(-c3n[nH]c4c3CCCC4)n2)CN1Cc1ccccc1. The Morgan fingerprint density at radius 2 is 2.04 bits per heavy atom. The van der Waals surface area contributed by atoms with Gasteiger partial charge in [-0.1, -0.05) is 35.5 Å². The Hall–Kier alpha value is -2.96. The molecule has 1 fully saturated rings. The lowest BCUT2D eigenvalue weighted by Crippen LogP contribution is -2.24. The Labute approximate surface area is 156 Å². The molecule has 1 amide bonds. The summed E-state index contributed by atoms with van der Waals surface area (Å²) in [5, 5.41) is 11.7. The van der Waals surface area contributed by atoms with E-state index in [2.05, 4.69) is 20.3 Å². The van der Waals surface area contributed by atoms with Gasteiger partial charge in [0.1, 0.15) is 0 Å². The summed E-state index contributed by atoms with van der Waals surface area (Å²) in [5.74, 6) is 1.15. The number of benzene rings is 1. The summed E-state index contributed by atoms with van der Waals surface area (Å²) in [6.45, 7) is 1.24. The van der Waals surface area contributed by atoms with Gasteiger partial charge in [0.15, 0.2) is 11.5 Å². The highest BCUT2D eigenvalue weighted by Crippen LogP contribution is 2.32. The molecule has 138 valence electrons. The molecule has 7 heteroatoms. The van der Waals surface area contributed by atoms with Crippen molar-refractivity contribution in [3.05, 3.63) is 53.0 Å². The van der Waals surface area contributed by atoms with E-state index in [1.54, 1.807) is 0 Å². The third-order valence-corrected chi connectivity index (χ3v) is 5.50. The molecule has 1 aliphatic carbocycles. The number of carbonyl (C=O) groups is 1. The van der Waals surface area contributed by atoms with Crippen LogP contribution in [0.15, 0.2) is 34.9 Å². The fourth-order valence-electron chi connectivity index (χ4n) is 4.06. The van der Waals surface area contributed by atoms with Crippen LogP contribution in [-0.2, 0) is 24.2 Å². The van der Waals surface area contributed by atoms with Gasteiger partial charge < -0.3 is 9.42 Å². The number of rotatable bonds is 4. The van der Waals surface area contributed by atoms with E-state index >= 15 is 0 Å². The number of fused-ring (bicyclic) bond motifs is 1. The number of aromatic nitrogens is 4. The number of nitrogens with zero attached hydrogens (tertiary/aromatic N) is 4. The first-order chi connectivity index (χ1) is 13.3. The molecule has 2 aliphatic rings. The van der Waals surface area contributed by atoms with Crippen LogP contribution < -0.4 is 0 Å². The van der Waals surface area contributed by atoms with Crippen LogP contribution >= 0.6 is 0 Å². The van der Waals surface area contributed by atoms with E-state index in [4.69, 9.17) is 4.52 Å². The van der Waals surface area contributed by atoms with Crippen LogP contribution in [0, 0.1) is 0 Å². The number of aromatic amines is 1. The van der Waals surface area contributed by atoms with Gasteiger partial charge in [-0.25, -0.2) is 0 Å². The average molecular weight is 363 g/mol. The van der Waals surface area contributed by atoms with E-state index in [-0.39, 0.29) is 11.8 Å². The highest BCUT2D eigenvalue weighted by Gasteiger charge is 2.34. The summed E-state index contributed by atoms with van der Waals surface area (Å²) in [7, 11) is 0.